The Hall–Kier alpha value is -2.21. The van der Waals surface area contributed by atoms with Gasteiger partial charge >= 0.3 is 0 Å². The lowest BCUT2D eigenvalue weighted by Gasteiger charge is -2.15. The van der Waals surface area contributed by atoms with Gasteiger partial charge in [0.25, 0.3) is 5.91 Å². The number of amides is 1. The number of aromatic nitrogens is 1. The van der Waals surface area contributed by atoms with Gasteiger partial charge in [0.05, 0.1) is 12.1 Å². The van der Waals surface area contributed by atoms with Crippen LogP contribution in [0.3, 0.4) is 0 Å². The van der Waals surface area contributed by atoms with E-state index >= 15 is 0 Å². The molecule has 0 spiro atoms. The van der Waals surface area contributed by atoms with Crippen LogP contribution in [0.5, 0.6) is 0 Å². The van der Waals surface area contributed by atoms with Crippen LogP contribution in [0.25, 0.3) is 10.9 Å². The Labute approximate surface area is 129 Å². The number of halogens is 1. The number of nitrogen functional groups attached to an aromatic ring is 1. The second kappa shape index (κ2) is 5.29. The number of H-pyrrole nitrogens is 1. The number of anilines is 1. The zero-order chi connectivity index (χ0) is 15.0. The summed E-state index contributed by atoms with van der Waals surface area (Å²) >= 11 is 3.25. The lowest BCUT2D eigenvalue weighted by molar-refractivity contribution is 0.0777. The molecule has 0 fully saturated rings. The molecule has 3 rings (SSSR count). The number of hydrogen-bond donors (Lipinski definition) is 2. The van der Waals surface area contributed by atoms with Crippen molar-refractivity contribution in [2.75, 3.05) is 12.8 Å². The highest BCUT2D eigenvalue weighted by molar-refractivity contribution is 9.10. The van der Waals surface area contributed by atoms with Gasteiger partial charge in [0.1, 0.15) is 5.76 Å². The molecule has 3 aromatic rings. The minimum absolute atomic E-state index is 0.0708. The van der Waals surface area contributed by atoms with Crippen LogP contribution in [0.4, 0.5) is 5.69 Å². The van der Waals surface area contributed by atoms with Gasteiger partial charge in [-0.2, -0.15) is 0 Å². The first-order valence-corrected chi connectivity index (χ1v) is 7.20. The number of fused-ring (bicyclic) bond motifs is 1. The summed E-state index contributed by atoms with van der Waals surface area (Å²) in [5.74, 6) is 0.653. The van der Waals surface area contributed by atoms with Gasteiger partial charge in [0, 0.05) is 29.8 Å². The molecule has 0 aliphatic carbocycles. The van der Waals surface area contributed by atoms with Crippen molar-refractivity contribution in [2.45, 2.75) is 6.54 Å². The molecule has 0 aliphatic heterocycles. The average molecular weight is 348 g/mol. The molecular formula is C15H14BrN3O2. The molecular weight excluding hydrogens is 334 g/mol. The molecule has 3 N–H and O–H groups in total. The number of nitrogens with one attached hydrogen (secondary N) is 1. The van der Waals surface area contributed by atoms with Gasteiger partial charge in [0.15, 0.2) is 4.67 Å². The third-order valence-corrected chi connectivity index (χ3v) is 3.73. The highest BCUT2D eigenvalue weighted by atomic mass is 79.9. The lowest BCUT2D eigenvalue weighted by atomic mass is 10.1. The van der Waals surface area contributed by atoms with Crippen LogP contribution in [-0.2, 0) is 6.54 Å². The number of hydrogen-bond acceptors (Lipinski definition) is 3. The summed E-state index contributed by atoms with van der Waals surface area (Å²) in [6.45, 7) is 0.409. The maximum Gasteiger partial charge on any atom is 0.256 e. The third-order valence-electron chi connectivity index (χ3n) is 3.30. The maximum absolute atomic E-state index is 12.5. The molecule has 0 unspecified atom stereocenters. The zero-order valence-corrected chi connectivity index (χ0v) is 13.0. The molecule has 1 aromatic carbocycles. The Balaban J connectivity index is 1.86. The van der Waals surface area contributed by atoms with Gasteiger partial charge in [-0.05, 0) is 46.3 Å². The van der Waals surface area contributed by atoms with E-state index in [1.165, 1.54) is 0 Å². The van der Waals surface area contributed by atoms with Crippen molar-refractivity contribution in [1.82, 2.24) is 9.88 Å². The Morgan fingerprint density at radius 2 is 2.19 bits per heavy atom. The van der Waals surface area contributed by atoms with Crippen molar-refractivity contribution in [3.63, 3.8) is 0 Å². The highest BCUT2D eigenvalue weighted by Crippen LogP contribution is 2.22. The first kappa shape index (κ1) is 13.8. The lowest BCUT2D eigenvalue weighted by Crippen LogP contribution is -2.25. The SMILES string of the molecule is CN(Cc1ccc(Br)o1)C(=O)c1c[nH]c2cc(N)ccc12. The summed E-state index contributed by atoms with van der Waals surface area (Å²) in [6.07, 6.45) is 1.71. The molecule has 6 heteroatoms. The summed E-state index contributed by atoms with van der Waals surface area (Å²) in [4.78, 5) is 17.2. The fraction of sp³-hybridized carbons (Fsp3) is 0.133. The highest BCUT2D eigenvalue weighted by Gasteiger charge is 2.17. The summed E-state index contributed by atoms with van der Waals surface area (Å²) in [5.41, 5.74) is 7.88. The fourth-order valence-electron chi connectivity index (χ4n) is 2.27. The monoisotopic (exact) mass is 347 g/mol. The molecule has 21 heavy (non-hydrogen) atoms. The van der Waals surface area contributed by atoms with Gasteiger partial charge in [0.2, 0.25) is 0 Å². The summed E-state index contributed by atoms with van der Waals surface area (Å²) < 4.78 is 6.08. The first-order valence-electron chi connectivity index (χ1n) is 6.41. The summed E-state index contributed by atoms with van der Waals surface area (Å²) in [6, 6.07) is 9.10. The molecule has 2 heterocycles. The summed E-state index contributed by atoms with van der Waals surface area (Å²) in [7, 11) is 1.74. The Bertz CT molecular complexity index is 806. The maximum atomic E-state index is 12.5. The minimum Gasteiger partial charge on any atom is -0.452 e. The van der Waals surface area contributed by atoms with Crippen LogP contribution in [0.1, 0.15) is 16.1 Å². The Morgan fingerprint density at radius 3 is 2.90 bits per heavy atom. The molecule has 0 radical (unpaired) electrons. The van der Waals surface area contributed by atoms with E-state index in [0.29, 0.717) is 22.5 Å². The standard InChI is InChI=1S/C15H14BrN3O2/c1-19(8-10-3-5-14(16)21-10)15(20)12-7-18-13-6-9(17)2-4-11(12)13/h2-7,18H,8,17H2,1H3. The number of nitrogens with zero attached hydrogens (tertiary/aromatic N) is 1. The fourth-order valence-corrected chi connectivity index (χ4v) is 2.61. The van der Waals surface area contributed by atoms with Gasteiger partial charge in [-0.15, -0.1) is 0 Å². The van der Waals surface area contributed by atoms with Crippen molar-refractivity contribution in [3.8, 4) is 0 Å². The van der Waals surface area contributed by atoms with Crippen molar-refractivity contribution < 1.29 is 9.21 Å². The van der Waals surface area contributed by atoms with Gasteiger partial charge in [-0.1, -0.05) is 0 Å². The molecule has 2 aromatic heterocycles. The minimum atomic E-state index is -0.0708. The van der Waals surface area contributed by atoms with Crippen LogP contribution < -0.4 is 5.73 Å². The summed E-state index contributed by atoms with van der Waals surface area (Å²) in [5, 5.41) is 0.863. The van der Waals surface area contributed by atoms with Gasteiger partial charge in [-0.25, -0.2) is 0 Å². The Kier molecular flexibility index (Phi) is 3.47. The van der Waals surface area contributed by atoms with Crippen molar-refractivity contribution >= 4 is 38.4 Å². The van der Waals surface area contributed by atoms with Crippen LogP contribution in [0.15, 0.2) is 45.6 Å². The number of furan rings is 1. The molecule has 0 atom stereocenters. The van der Waals surface area contributed by atoms with E-state index in [1.807, 2.05) is 24.3 Å². The van der Waals surface area contributed by atoms with Crippen LogP contribution in [0.2, 0.25) is 0 Å². The van der Waals surface area contributed by atoms with E-state index in [1.54, 1.807) is 24.2 Å². The third kappa shape index (κ3) is 2.67. The van der Waals surface area contributed by atoms with Crippen LogP contribution in [-0.4, -0.2) is 22.8 Å². The van der Waals surface area contributed by atoms with E-state index in [-0.39, 0.29) is 5.91 Å². The van der Waals surface area contributed by atoms with E-state index in [0.717, 1.165) is 16.7 Å². The number of carbonyl (C=O) groups excluding carboxylic acids is 1. The molecule has 0 saturated carbocycles. The topological polar surface area (TPSA) is 75.3 Å². The normalized spacial score (nSPS) is 11.0. The van der Waals surface area contributed by atoms with Gasteiger partial charge < -0.3 is 20.0 Å². The largest absolute Gasteiger partial charge is 0.452 e. The number of aromatic amines is 1. The number of carbonyl (C=O) groups is 1. The zero-order valence-electron chi connectivity index (χ0n) is 11.4. The molecule has 5 nitrogen and oxygen atoms in total. The Morgan fingerprint density at radius 1 is 1.38 bits per heavy atom. The van der Waals surface area contributed by atoms with E-state index in [2.05, 4.69) is 20.9 Å². The molecule has 1 amide bonds. The second-order valence-corrected chi connectivity index (χ2v) is 5.66. The van der Waals surface area contributed by atoms with E-state index in [9.17, 15) is 4.79 Å². The van der Waals surface area contributed by atoms with E-state index < -0.39 is 0 Å². The van der Waals surface area contributed by atoms with Crippen molar-refractivity contribution in [3.05, 3.63) is 52.5 Å². The van der Waals surface area contributed by atoms with Gasteiger partial charge in [-0.3, -0.25) is 4.79 Å². The molecule has 0 saturated heterocycles. The van der Waals surface area contributed by atoms with E-state index in [4.69, 9.17) is 10.2 Å². The average Bonchev–Trinajstić information content (AvgIpc) is 3.03. The van der Waals surface area contributed by atoms with Crippen LogP contribution >= 0.6 is 15.9 Å². The molecule has 0 bridgehead atoms. The molecule has 108 valence electrons. The number of rotatable bonds is 3. The molecule has 0 aliphatic rings. The number of benzene rings is 1. The second-order valence-electron chi connectivity index (χ2n) is 4.87. The predicted molar refractivity (Wildman–Crippen MR) is 84.9 cm³/mol. The quantitative estimate of drug-likeness (QED) is 0.713. The predicted octanol–water partition coefficient (Wildman–Crippen LogP) is 3.38. The van der Waals surface area contributed by atoms with Crippen molar-refractivity contribution in [2.24, 2.45) is 0 Å². The first-order chi connectivity index (χ1) is 10.0. The van der Waals surface area contributed by atoms with Crippen LogP contribution in [0, 0.1) is 0 Å². The number of nitrogens with two attached hydrogens (primary N) is 1. The smallest absolute Gasteiger partial charge is 0.256 e. The van der Waals surface area contributed by atoms with Crippen molar-refractivity contribution in [1.29, 1.82) is 0 Å².